The molecule has 2 N–H and O–H groups in total. The number of hydrogen-bond donors (Lipinski definition) is 2. The number of carbonyl (C=O) groups excluding carboxylic acids is 1. The molecule has 3 aromatic heterocycles. The van der Waals surface area contributed by atoms with Crippen molar-refractivity contribution in [3.05, 3.63) is 100 Å². The quantitative estimate of drug-likeness (QED) is 0.344. The van der Waals surface area contributed by atoms with Crippen LogP contribution >= 0.6 is 0 Å². The fourth-order valence-electron chi connectivity index (χ4n) is 3.77. The van der Waals surface area contributed by atoms with Gasteiger partial charge in [-0.25, -0.2) is 4.68 Å². The normalized spacial score (nSPS) is 14.8. The SMILES string of the molecule is CC1=C(C(=O)Nc2cccnc2)C(c2ccccn2)n2nc(-c3cccc([N+](=O)[O-])c3)nc2N1. The first-order valence-corrected chi connectivity index (χ1v) is 10.3. The zero-order chi connectivity index (χ0) is 23.7. The maximum atomic E-state index is 13.4. The van der Waals surface area contributed by atoms with Crippen LogP contribution < -0.4 is 10.6 Å². The van der Waals surface area contributed by atoms with Crippen LogP contribution in [-0.4, -0.2) is 35.6 Å². The van der Waals surface area contributed by atoms with Crippen LogP contribution in [0.25, 0.3) is 11.4 Å². The number of aromatic nitrogens is 5. The number of pyridine rings is 2. The van der Waals surface area contributed by atoms with Crippen molar-refractivity contribution in [1.29, 1.82) is 0 Å². The molecular formula is C23H18N8O3. The van der Waals surface area contributed by atoms with Gasteiger partial charge in [-0.15, -0.1) is 5.10 Å². The number of fused-ring (bicyclic) bond motifs is 1. The van der Waals surface area contributed by atoms with Gasteiger partial charge in [0, 0.05) is 35.8 Å². The van der Waals surface area contributed by atoms with E-state index in [4.69, 9.17) is 0 Å². The van der Waals surface area contributed by atoms with Crippen molar-refractivity contribution in [3.8, 4) is 11.4 Å². The Kier molecular flexibility index (Phi) is 5.26. The summed E-state index contributed by atoms with van der Waals surface area (Å²) in [4.78, 5) is 37.1. The molecule has 0 radical (unpaired) electrons. The van der Waals surface area contributed by atoms with Gasteiger partial charge in [-0.1, -0.05) is 18.2 Å². The van der Waals surface area contributed by atoms with E-state index in [0.29, 0.717) is 34.2 Å². The van der Waals surface area contributed by atoms with Gasteiger partial charge in [-0.3, -0.25) is 24.9 Å². The fourth-order valence-corrected chi connectivity index (χ4v) is 3.77. The Bertz CT molecular complexity index is 1420. The Morgan fingerprint density at radius 2 is 2.03 bits per heavy atom. The number of allylic oxidation sites excluding steroid dienone is 1. The monoisotopic (exact) mass is 454 g/mol. The second kappa shape index (κ2) is 8.54. The van der Waals surface area contributed by atoms with Crippen molar-refractivity contribution in [1.82, 2.24) is 24.7 Å². The summed E-state index contributed by atoms with van der Waals surface area (Å²) < 4.78 is 1.57. The summed E-state index contributed by atoms with van der Waals surface area (Å²) in [5.41, 5.74) is 2.56. The smallest absolute Gasteiger partial charge is 0.270 e. The number of amides is 1. The first-order valence-electron chi connectivity index (χ1n) is 10.3. The van der Waals surface area contributed by atoms with Gasteiger partial charge in [0.05, 0.1) is 28.1 Å². The number of anilines is 2. The van der Waals surface area contributed by atoms with Crippen LogP contribution in [0.4, 0.5) is 17.3 Å². The first-order chi connectivity index (χ1) is 16.5. The summed E-state index contributed by atoms with van der Waals surface area (Å²) in [6.07, 6.45) is 4.82. The van der Waals surface area contributed by atoms with Crippen molar-refractivity contribution in [2.45, 2.75) is 13.0 Å². The van der Waals surface area contributed by atoms with Gasteiger partial charge in [-0.05, 0) is 31.2 Å². The summed E-state index contributed by atoms with van der Waals surface area (Å²) >= 11 is 0. The molecule has 1 aromatic carbocycles. The fraction of sp³-hybridized carbons (Fsp3) is 0.0870. The number of benzene rings is 1. The van der Waals surface area contributed by atoms with E-state index >= 15 is 0 Å². The number of hydrogen-bond acceptors (Lipinski definition) is 8. The average molecular weight is 454 g/mol. The predicted octanol–water partition coefficient (Wildman–Crippen LogP) is 3.57. The molecule has 1 aliphatic heterocycles. The van der Waals surface area contributed by atoms with Crippen LogP contribution in [0, 0.1) is 10.1 Å². The number of non-ortho nitro benzene ring substituents is 1. The lowest BCUT2D eigenvalue weighted by Gasteiger charge is -2.27. The minimum absolute atomic E-state index is 0.0645. The zero-order valence-electron chi connectivity index (χ0n) is 17.9. The van der Waals surface area contributed by atoms with Crippen LogP contribution in [0.5, 0.6) is 0 Å². The average Bonchev–Trinajstić information content (AvgIpc) is 3.28. The van der Waals surface area contributed by atoms with Crippen molar-refractivity contribution >= 4 is 23.2 Å². The van der Waals surface area contributed by atoms with Gasteiger partial charge < -0.3 is 10.6 Å². The van der Waals surface area contributed by atoms with E-state index in [1.54, 1.807) is 66.6 Å². The number of nitrogens with one attached hydrogen (secondary N) is 2. The molecule has 0 bridgehead atoms. The van der Waals surface area contributed by atoms with Crippen LogP contribution in [0.1, 0.15) is 18.7 Å². The number of nitro groups is 1. The molecule has 11 nitrogen and oxygen atoms in total. The molecule has 0 fully saturated rings. The van der Waals surface area contributed by atoms with E-state index in [1.165, 1.54) is 12.1 Å². The Balaban J connectivity index is 1.59. The maximum absolute atomic E-state index is 13.4. The Morgan fingerprint density at radius 1 is 1.15 bits per heavy atom. The molecule has 0 saturated carbocycles. The minimum Gasteiger partial charge on any atom is -0.328 e. The Morgan fingerprint density at radius 3 is 2.76 bits per heavy atom. The molecule has 0 aliphatic carbocycles. The maximum Gasteiger partial charge on any atom is 0.270 e. The topological polar surface area (TPSA) is 141 Å². The zero-order valence-corrected chi connectivity index (χ0v) is 17.9. The lowest BCUT2D eigenvalue weighted by molar-refractivity contribution is -0.384. The van der Waals surface area contributed by atoms with E-state index in [2.05, 4.69) is 30.7 Å². The van der Waals surface area contributed by atoms with Gasteiger partial charge in [0.1, 0.15) is 6.04 Å². The van der Waals surface area contributed by atoms with E-state index in [1.807, 2.05) is 6.07 Å². The number of nitro benzene ring substituents is 1. The standard InChI is InChI=1S/C23H18N8O3/c1-14-19(22(32)27-16-7-5-10-24-13-16)20(18-9-2-3-11-25-18)30-23(26-14)28-21(29-30)15-6-4-8-17(12-15)31(33)34/h2-13,20H,1H3,(H,27,32)(H,26,28,29). The highest BCUT2D eigenvalue weighted by molar-refractivity contribution is 6.05. The highest BCUT2D eigenvalue weighted by atomic mass is 16.6. The summed E-state index contributed by atoms with van der Waals surface area (Å²) in [6, 6.07) is 14.3. The Labute approximate surface area is 193 Å². The van der Waals surface area contributed by atoms with Crippen molar-refractivity contribution in [2.24, 2.45) is 0 Å². The predicted molar refractivity (Wildman–Crippen MR) is 124 cm³/mol. The van der Waals surface area contributed by atoms with Crippen molar-refractivity contribution in [2.75, 3.05) is 10.6 Å². The van der Waals surface area contributed by atoms with Crippen LogP contribution in [0.2, 0.25) is 0 Å². The second-order valence-corrected chi connectivity index (χ2v) is 7.53. The highest BCUT2D eigenvalue weighted by Crippen LogP contribution is 2.36. The lowest BCUT2D eigenvalue weighted by atomic mass is 9.98. The molecule has 4 aromatic rings. The number of nitrogens with zero attached hydrogens (tertiary/aromatic N) is 6. The lowest BCUT2D eigenvalue weighted by Crippen LogP contribution is -2.32. The van der Waals surface area contributed by atoms with Gasteiger partial charge in [-0.2, -0.15) is 4.98 Å². The molecule has 1 unspecified atom stereocenters. The van der Waals surface area contributed by atoms with Gasteiger partial charge in [0.15, 0.2) is 5.82 Å². The van der Waals surface area contributed by atoms with Gasteiger partial charge in [0.25, 0.3) is 11.6 Å². The largest absolute Gasteiger partial charge is 0.328 e. The second-order valence-electron chi connectivity index (χ2n) is 7.53. The molecule has 34 heavy (non-hydrogen) atoms. The number of carbonyl (C=O) groups is 1. The molecule has 1 amide bonds. The third kappa shape index (κ3) is 3.86. The molecule has 4 heterocycles. The third-order valence-electron chi connectivity index (χ3n) is 5.30. The van der Waals surface area contributed by atoms with E-state index < -0.39 is 11.0 Å². The van der Waals surface area contributed by atoms with Crippen LogP contribution in [-0.2, 0) is 4.79 Å². The Hall–Kier alpha value is -4.93. The third-order valence-corrected chi connectivity index (χ3v) is 5.30. The molecular weight excluding hydrogens is 436 g/mol. The first kappa shape index (κ1) is 20.9. The van der Waals surface area contributed by atoms with E-state index in [9.17, 15) is 14.9 Å². The number of rotatable bonds is 5. The van der Waals surface area contributed by atoms with E-state index in [-0.39, 0.29) is 17.4 Å². The molecule has 5 rings (SSSR count). The summed E-state index contributed by atoms with van der Waals surface area (Å²) in [5, 5.41) is 21.8. The minimum atomic E-state index is -0.672. The molecule has 168 valence electrons. The highest BCUT2D eigenvalue weighted by Gasteiger charge is 2.35. The summed E-state index contributed by atoms with van der Waals surface area (Å²) in [5.74, 6) is 0.341. The molecule has 1 aliphatic rings. The van der Waals surface area contributed by atoms with Crippen molar-refractivity contribution in [3.63, 3.8) is 0 Å². The van der Waals surface area contributed by atoms with Crippen LogP contribution in [0.15, 0.2) is 84.5 Å². The van der Waals surface area contributed by atoms with Crippen LogP contribution in [0.3, 0.4) is 0 Å². The molecule has 1 atom stereocenters. The van der Waals surface area contributed by atoms with E-state index in [0.717, 1.165) is 0 Å². The van der Waals surface area contributed by atoms with Crippen molar-refractivity contribution < 1.29 is 9.72 Å². The molecule has 11 heteroatoms. The van der Waals surface area contributed by atoms with Gasteiger partial charge >= 0.3 is 0 Å². The summed E-state index contributed by atoms with van der Waals surface area (Å²) in [7, 11) is 0. The summed E-state index contributed by atoms with van der Waals surface area (Å²) in [6.45, 7) is 1.78. The molecule has 0 saturated heterocycles. The molecule has 0 spiro atoms. The van der Waals surface area contributed by atoms with Gasteiger partial charge in [0.2, 0.25) is 5.95 Å².